The van der Waals surface area contributed by atoms with Crippen LogP contribution in [0, 0.1) is 12.3 Å². The normalized spacial score (nSPS) is 9.60. The Morgan fingerprint density at radius 2 is 1.72 bits per heavy atom. The number of urea groups is 1. The number of nitrogens with one attached hydrogen (secondary N) is 3. The molecule has 0 bridgehead atoms. The monoisotopic (exact) mass is 336 g/mol. The molecule has 0 aliphatic rings. The lowest BCUT2D eigenvalue weighted by Gasteiger charge is -2.22. The van der Waals surface area contributed by atoms with E-state index in [4.69, 9.17) is 6.42 Å². The molecule has 6 heteroatoms. The molecule has 0 aromatic heterocycles. The third kappa shape index (κ3) is 5.29. The molecule has 0 aliphatic carbocycles. The van der Waals surface area contributed by atoms with Crippen LogP contribution in [0.1, 0.15) is 0 Å². The lowest BCUT2D eigenvalue weighted by atomic mass is 10.2. The highest BCUT2D eigenvalue weighted by Crippen LogP contribution is 2.30. The van der Waals surface area contributed by atoms with Crippen LogP contribution in [-0.4, -0.2) is 32.1 Å². The molecular formula is C19H20N4O2. The van der Waals surface area contributed by atoms with Gasteiger partial charge in [-0.3, -0.25) is 4.79 Å². The fourth-order valence-corrected chi connectivity index (χ4v) is 2.20. The van der Waals surface area contributed by atoms with Crippen LogP contribution < -0.4 is 20.9 Å². The molecule has 3 N–H and O–H groups in total. The van der Waals surface area contributed by atoms with Crippen LogP contribution in [0.2, 0.25) is 0 Å². The molecule has 0 unspecified atom stereocenters. The van der Waals surface area contributed by atoms with E-state index in [9.17, 15) is 9.59 Å². The summed E-state index contributed by atoms with van der Waals surface area (Å²) >= 11 is 0. The van der Waals surface area contributed by atoms with Crippen molar-refractivity contribution in [3.63, 3.8) is 0 Å². The molecule has 0 heterocycles. The van der Waals surface area contributed by atoms with Gasteiger partial charge in [-0.15, -0.1) is 6.42 Å². The van der Waals surface area contributed by atoms with Crippen LogP contribution in [0.4, 0.5) is 21.9 Å². The van der Waals surface area contributed by atoms with Crippen molar-refractivity contribution in [2.45, 2.75) is 0 Å². The summed E-state index contributed by atoms with van der Waals surface area (Å²) in [5.41, 5.74) is 2.46. The van der Waals surface area contributed by atoms with Crippen molar-refractivity contribution in [2.24, 2.45) is 0 Å². The Labute approximate surface area is 147 Å². The highest BCUT2D eigenvalue weighted by atomic mass is 16.2. The van der Waals surface area contributed by atoms with Crippen LogP contribution in [-0.2, 0) is 4.79 Å². The van der Waals surface area contributed by atoms with Gasteiger partial charge in [-0.25, -0.2) is 4.79 Å². The second kappa shape index (κ2) is 8.99. The molecule has 0 spiro atoms. The largest absolute Gasteiger partial charge is 0.344 e. The third-order valence-electron chi connectivity index (χ3n) is 3.45. The van der Waals surface area contributed by atoms with E-state index in [1.165, 1.54) is 0 Å². The predicted octanol–water partition coefficient (Wildman–Crippen LogP) is 2.33. The van der Waals surface area contributed by atoms with Crippen LogP contribution in [0.15, 0.2) is 54.6 Å². The van der Waals surface area contributed by atoms with Gasteiger partial charge in [0.1, 0.15) is 0 Å². The van der Waals surface area contributed by atoms with E-state index in [1.807, 2.05) is 60.5 Å². The number of rotatable bonds is 6. The van der Waals surface area contributed by atoms with Crippen molar-refractivity contribution in [3.8, 4) is 12.3 Å². The van der Waals surface area contributed by atoms with Gasteiger partial charge in [0.2, 0.25) is 5.91 Å². The minimum absolute atomic E-state index is 0.132. The van der Waals surface area contributed by atoms with E-state index in [0.29, 0.717) is 5.69 Å². The van der Waals surface area contributed by atoms with E-state index >= 15 is 0 Å². The molecular weight excluding hydrogens is 316 g/mol. The molecule has 2 aromatic carbocycles. The van der Waals surface area contributed by atoms with Crippen molar-refractivity contribution < 1.29 is 9.59 Å². The van der Waals surface area contributed by atoms with Crippen molar-refractivity contribution in [2.75, 3.05) is 30.4 Å². The standard InChI is InChI=1S/C19H20N4O2/c1-3-13-20-18(24)14-21-19(25)22-16-11-7-8-12-17(16)23(2)15-9-5-4-6-10-15/h1,4-12H,13-14H2,2H3,(H,20,24)(H2,21,22,25). The maximum absolute atomic E-state index is 12.0. The summed E-state index contributed by atoms with van der Waals surface area (Å²) in [5, 5.41) is 7.73. The van der Waals surface area contributed by atoms with Gasteiger partial charge in [0.05, 0.1) is 24.5 Å². The Balaban J connectivity index is 2.02. The first-order chi connectivity index (χ1) is 12.1. The summed E-state index contributed by atoms with van der Waals surface area (Å²) < 4.78 is 0. The Morgan fingerprint density at radius 1 is 1.04 bits per heavy atom. The topological polar surface area (TPSA) is 73.5 Å². The average molecular weight is 336 g/mol. The third-order valence-corrected chi connectivity index (χ3v) is 3.45. The van der Waals surface area contributed by atoms with Gasteiger partial charge in [0, 0.05) is 12.7 Å². The lowest BCUT2D eigenvalue weighted by Crippen LogP contribution is -2.39. The van der Waals surface area contributed by atoms with Crippen molar-refractivity contribution in [1.82, 2.24) is 10.6 Å². The Bertz CT molecular complexity index is 768. The minimum Gasteiger partial charge on any atom is -0.344 e. The number of hydrogen-bond acceptors (Lipinski definition) is 3. The number of hydrogen-bond donors (Lipinski definition) is 3. The highest BCUT2D eigenvalue weighted by molar-refractivity contribution is 5.95. The quantitative estimate of drug-likeness (QED) is 0.709. The first-order valence-electron chi connectivity index (χ1n) is 7.74. The van der Waals surface area contributed by atoms with E-state index in [1.54, 1.807) is 6.07 Å². The number of para-hydroxylation sites is 3. The molecule has 0 radical (unpaired) electrons. The van der Waals surface area contributed by atoms with Gasteiger partial charge in [-0.1, -0.05) is 36.3 Å². The summed E-state index contributed by atoms with van der Waals surface area (Å²) in [6.45, 7) is -0.0168. The van der Waals surface area contributed by atoms with Gasteiger partial charge < -0.3 is 20.9 Å². The Kier molecular flexibility index (Phi) is 6.43. The zero-order valence-corrected chi connectivity index (χ0v) is 14.0. The van der Waals surface area contributed by atoms with Gasteiger partial charge in [-0.05, 0) is 24.3 Å². The second-order valence-electron chi connectivity index (χ2n) is 5.20. The maximum atomic E-state index is 12.0. The maximum Gasteiger partial charge on any atom is 0.319 e. The van der Waals surface area contributed by atoms with Crippen LogP contribution in [0.5, 0.6) is 0 Å². The van der Waals surface area contributed by atoms with E-state index in [2.05, 4.69) is 21.9 Å². The molecule has 0 saturated heterocycles. The number of anilines is 3. The fraction of sp³-hybridized carbons (Fsp3) is 0.158. The first kappa shape index (κ1) is 17.9. The molecule has 0 saturated carbocycles. The van der Waals surface area contributed by atoms with Crippen molar-refractivity contribution >= 4 is 29.0 Å². The molecule has 128 valence electrons. The predicted molar refractivity (Wildman–Crippen MR) is 99.8 cm³/mol. The summed E-state index contributed by atoms with van der Waals surface area (Å²) in [7, 11) is 1.92. The van der Waals surface area contributed by atoms with E-state index in [-0.39, 0.29) is 19.0 Å². The summed E-state index contributed by atoms with van der Waals surface area (Å²) in [5.74, 6) is 1.95. The van der Waals surface area contributed by atoms with E-state index in [0.717, 1.165) is 11.4 Å². The summed E-state index contributed by atoms with van der Waals surface area (Å²) in [6, 6.07) is 16.8. The van der Waals surface area contributed by atoms with Gasteiger partial charge in [0.15, 0.2) is 0 Å². The number of carbonyl (C=O) groups excluding carboxylic acids is 2. The van der Waals surface area contributed by atoms with Gasteiger partial charge >= 0.3 is 6.03 Å². The average Bonchev–Trinajstić information content (AvgIpc) is 2.65. The van der Waals surface area contributed by atoms with Crippen LogP contribution >= 0.6 is 0 Å². The number of terminal acetylenes is 1. The second-order valence-corrected chi connectivity index (χ2v) is 5.20. The van der Waals surface area contributed by atoms with Gasteiger partial charge in [0.25, 0.3) is 0 Å². The Hall–Kier alpha value is -3.46. The molecule has 0 atom stereocenters. The van der Waals surface area contributed by atoms with Crippen LogP contribution in [0.25, 0.3) is 0 Å². The molecule has 2 aromatic rings. The first-order valence-corrected chi connectivity index (χ1v) is 7.74. The number of nitrogens with zero attached hydrogens (tertiary/aromatic N) is 1. The molecule has 2 rings (SSSR count). The molecule has 6 nitrogen and oxygen atoms in total. The number of amides is 3. The van der Waals surface area contributed by atoms with E-state index < -0.39 is 6.03 Å². The number of benzene rings is 2. The summed E-state index contributed by atoms with van der Waals surface area (Å²) in [6.07, 6.45) is 5.06. The molecule has 0 aliphatic heterocycles. The minimum atomic E-state index is -0.468. The highest BCUT2D eigenvalue weighted by Gasteiger charge is 2.11. The molecule has 0 fully saturated rings. The smallest absolute Gasteiger partial charge is 0.319 e. The zero-order valence-electron chi connectivity index (χ0n) is 14.0. The zero-order chi connectivity index (χ0) is 18.1. The van der Waals surface area contributed by atoms with Crippen LogP contribution in [0.3, 0.4) is 0 Å². The molecule has 25 heavy (non-hydrogen) atoms. The van der Waals surface area contributed by atoms with Crippen molar-refractivity contribution in [1.29, 1.82) is 0 Å². The van der Waals surface area contributed by atoms with Crippen molar-refractivity contribution in [3.05, 3.63) is 54.6 Å². The number of carbonyl (C=O) groups is 2. The summed E-state index contributed by atoms with van der Waals surface area (Å²) in [4.78, 5) is 25.5. The Morgan fingerprint density at radius 3 is 2.44 bits per heavy atom. The fourth-order valence-electron chi connectivity index (χ4n) is 2.20. The van der Waals surface area contributed by atoms with Gasteiger partial charge in [-0.2, -0.15) is 0 Å². The lowest BCUT2D eigenvalue weighted by molar-refractivity contribution is -0.119. The molecule has 3 amide bonds. The SMILES string of the molecule is C#CCNC(=O)CNC(=O)Nc1ccccc1N(C)c1ccccc1.